The van der Waals surface area contributed by atoms with Gasteiger partial charge in [0.1, 0.15) is 0 Å². The molecular weight excluding hydrogens is 306 g/mol. The van der Waals surface area contributed by atoms with Gasteiger partial charge in [-0.05, 0) is 6.92 Å². The first kappa shape index (κ1) is 10.9. The van der Waals surface area contributed by atoms with Crippen LogP contribution in [0.25, 0.3) is 0 Å². The SMILES string of the molecule is Cc1c(O[Br+2]([O-])[O-])ccnc1CBr. The Labute approximate surface area is 89.5 Å². The average Bonchev–Trinajstić information content (AvgIpc) is 2.08. The molecule has 0 spiro atoms. The molecule has 0 aliphatic carbocycles. The lowest BCUT2D eigenvalue weighted by atomic mass is 10.2. The van der Waals surface area contributed by atoms with Gasteiger partial charge in [0.25, 0.3) is 0 Å². The third-order valence-electron chi connectivity index (χ3n) is 1.53. The van der Waals surface area contributed by atoms with Crippen molar-refractivity contribution in [2.75, 3.05) is 0 Å². The second kappa shape index (κ2) is 4.90. The number of aromatic nitrogens is 1. The number of alkyl halides is 1. The fourth-order valence-electron chi connectivity index (χ4n) is 0.845. The molecule has 0 unspecified atom stereocenters. The van der Waals surface area contributed by atoms with E-state index in [1.165, 1.54) is 12.3 Å². The summed E-state index contributed by atoms with van der Waals surface area (Å²) < 4.78 is 25.3. The summed E-state index contributed by atoms with van der Waals surface area (Å²) in [5, 5.41) is 0.579. The first-order chi connectivity index (χ1) is 6.15. The molecule has 1 aromatic rings. The van der Waals surface area contributed by atoms with Crippen molar-refractivity contribution in [1.82, 2.24) is 4.98 Å². The van der Waals surface area contributed by atoms with Crippen LogP contribution >= 0.6 is 15.9 Å². The van der Waals surface area contributed by atoms with Crippen molar-refractivity contribution >= 4 is 15.9 Å². The van der Waals surface area contributed by atoms with Crippen molar-refractivity contribution < 1.29 is 27.0 Å². The van der Waals surface area contributed by atoms with Crippen LogP contribution < -0.4 is 12.2 Å². The van der Waals surface area contributed by atoms with Gasteiger partial charge in [0.2, 0.25) is 5.75 Å². The summed E-state index contributed by atoms with van der Waals surface area (Å²) in [7, 11) is 0. The monoisotopic (exact) mass is 311 g/mol. The molecule has 0 fully saturated rings. The molecule has 6 heteroatoms. The topological polar surface area (TPSA) is 68.2 Å². The van der Waals surface area contributed by atoms with Crippen molar-refractivity contribution in [3.05, 3.63) is 23.5 Å². The maximum absolute atomic E-state index is 10.3. The third kappa shape index (κ3) is 2.91. The Hall–Kier alpha value is -0.170. The largest absolute Gasteiger partial charge is 0.501 e. The number of rotatable bonds is 3. The molecule has 0 aromatic carbocycles. The van der Waals surface area contributed by atoms with E-state index >= 15 is 0 Å². The molecule has 1 rings (SSSR count). The third-order valence-corrected chi connectivity index (χ3v) is 2.68. The van der Waals surface area contributed by atoms with Crippen LogP contribution in [0.2, 0.25) is 0 Å². The summed E-state index contributed by atoms with van der Waals surface area (Å²) in [5.41, 5.74) is 1.52. The lowest BCUT2D eigenvalue weighted by molar-refractivity contribution is -1.62. The second-order valence-corrected chi connectivity index (χ2v) is 3.96. The second-order valence-electron chi connectivity index (χ2n) is 2.28. The van der Waals surface area contributed by atoms with Crippen molar-refractivity contribution in [3.63, 3.8) is 0 Å². The van der Waals surface area contributed by atoms with E-state index < -0.39 is 14.8 Å². The predicted octanol–water partition coefficient (Wildman–Crippen LogP) is -0.250. The van der Waals surface area contributed by atoms with E-state index in [1.54, 1.807) is 6.92 Å². The Balaban J connectivity index is 2.94. The van der Waals surface area contributed by atoms with Crippen LogP contribution in [0.4, 0.5) is 0 Å². The summed E-state index contributed by atoms with van der Waals surface area (Å²) in [6.07, 6.45) is 1.52. The zero-order chi connectivity index (χ0) is 9.84. The maximum Gasteiger partial charge on any atom is 0.501 e. The van der Waals surface area contributed by atoms with Crippen molar-refractivity contribution in [2.24, 2.45) is 0 Å². The van der Waals surface area contributed by atoms with Gasteiger partial charge in [-0.2, -0.15) is 0 Å². The van der Waals surface area contributed by atoms with Gasteiger partial charge in [-0.25, -0.2) is 0 Å². The van der Waals surface area contributed by atoms with Crippen LogP contribution in [0, 0.1) is 21.7 Å². The predicted molar refractivity (Wildman–Crippen MR) is 42.2 cm³/mol. The van der Waals surface area contributed by atoms with E-state index in [0.717, 1.165) is 11.3 Å². The minimum Gasteiger partial charge on any atom is -0.361 e. The Morgan fingerprint density at radius 1 is 1.62 bits per heavy atom. The zero-order valence-corrected chi connectivity index (χ0v) is 9.96. The number of hydrogen-bond donors (Lipinski definition) is 0. The smallest absolute Gasteiger partial charge is 0.361 e. The van der Waals surface area contributed by atoms with E-state index in [-0.39, 0.29) is 0 Å². The molecular formula is C7H7Br2NO3. The number of hydrogen-bond acceptors (Lipinski definition) is 4. The van der Waals surface area contributed by atoms with E-state index in [2.05, 4.69) is 24.7 Å². The molecule has 0 amide bonds. The molecule has 0 saturated carbocycles. The normalized spacial score (nSPS) is 10.5. The van der Waals surface area contributed by atoms with E-state index in [0.29, 0.717) is 11.1 Å². The molecule has 0 N–H and O–H groups in total. The maximum atomic E-state index is 10.3. The molecule has 0 radical (unpaired) electrons. The average molecular weight is 313 g/mol. The van der Waals surface area contributed by atoms with Gasteiger partial charge in [-0.15, -0.1) is 3.83 Å². The quantitative estimate of drug-likeness (QED) is 0.722. The Bertz CT molecular complexity index is 293. The summed E-state index contributed by atoms with van der Waals surface area (Å²) in [4.78, 5) is 4.05. The van der Waals surface area contributed by atoms with Crippen LogP contribution in [0.1, 0.15) is 11.3 Å². The van der Waals surface area contributed by atoms with E-state index in [9.17, 15) is 8.40 Å². The van der Waals surface area contributed by atoms with Gasteiger partial charge in [0, 0.05) is 23.2 Å². The molecule has 72 valence electrons. The van der Waals surface area contributed by atoms with E-state index in [1.807, 2.05) is 0 Å². The van der Waals surface area contributed by atoms with Crippen LogP contribution in [-0.2, 0) is 5.33 Å². The molecule has 0 aliphatic rings. The van der Waals surface area contributed by atoms with Gasteiger partial charge >= 0.3 is 14.8 Å². The molecule has 0 aliphatic heterocycles. The summed E-state index contributed by atoms with van der Waals surface area (Å²) >= 11 is 0.0460. The fourth-order valence-corrected chi connectivity index (χ4v) is 2.05. The summed E-state index contributed by atoms with van der Waals surface area (Å²) in [6, 6.07) is 1.53. The van der Waals surface area contributed by atoms with Crippen molar-refractivity contribution in [1.29, 1.82) is 0 Å². The van der Waals surface area contributed by atoms with Gasteiger partial charge in [-0.1, -0.05) is 15.9 Å². The molecule has 13 heavy (non-hydrogen) atoms. The fraction of sp³-hybridized carbons (Fsp3) is 0.286. The molecule has 0 saturated heterocycles. The number of halogens is 2. The van der Waals surface area contributed by atoms with Crippen LogP contribution in [0.3, 0.4) is 0 Å². The highest BCUT2D eigenvalue weighted by Crippen LogP contribution is 2.21. The van der Waals surface area contributed by atoms with Gasteiger partial charge in [0.05, 0.1) is 5.69 Å². The first-order valence-electron chi connectivity index (χ1n) is 3.39. The van der Waals surface area contributed by atoms with Crippen molar-refractivity contribution in [3.8, 4) is 5.75 Å². The van der Waals surface area contributed by atoms with Crippen LogP contribution in [0.15, 0.2) is 12.3 Å². The van der Waals surface area contributed by atoms with Gasteiger partial charge in [0.15, 0.2) is 0 Å². The lowest BCUT2D eigenvalue weighted by Gasteiger charge is -2.02. The zero-order valence-electron chi connectivity index (χ0n) is 6.79. The number of pyridine rings is 1. The number of nitrogens with zero attached hydrogens (tertiary/aromatic N) is 1. The molecule has 0 atom stereocenters. The minimum absolute atomic E-state index is 0.351. The summed E-state index contributed by atoms with van der Waals surface area (Å²) in [5.74, 6) is 0.351. The van der Waals surface area contributed by atoms with Crippen molar-refractivity contribution in [2.45, 2.75) is 12.3 Å². The van der Waals surface area contributed by atoms with Crippen LogP contribution in [-0.4, -0.2) is 4.98 Å². The van der Waals surface area contributed by atoms with E-state index in [4.69, 9.17) is 0 Å². The Morgan fingerprint density at radius 3 is 2.85 bits per heavy atom. The molecule has 4 nitrogen and oxygen atoms in total. The first-order valence-corrected chi connectivity index (χ1v) is 6.46. The Morgan fingerprint density at radius 2 is 2.31 bits per heavy atom. The minimum atomic E-state index is -3.20. The lowest BCUT2D eigenvalue weighted by Crippen LogP contribution is -2.37. The van der Waals surface area contributed by atoms with Crippen LogP contribution in [0.5, 0.6) is 5.75 Å². The molecule has 0 bridgehead atoms. The highest BCUT2D eigenvalue weighted by Gasteiger charge is 2.16. The summed E-state index contributed by atoms with van der Waals surface area (Å²) in [6.45, 7) is 1.77. The Kier molecular flexibility index (Phi) is 4.11. The molecule has 1 aromatic heterocycles. The van der Waals surface area contributed by atoms with Gasteiger partial charge < -0.3 is 8.40 Å². The standard InChI is InChI=1S/C7H7Br2NO3/c1-5-6(4-8)10-3-2-7(5)13-9(11)12/h2-3H,4H2,1H3. The molecule has 1 heterocycles. The highest BCUT2D eigenvalue weighted by atomic mass is 80.0. The highest BCUT2D eigenvalue weighted by molar-refractivity contribution is 9.08. The van der Waals surface area contributed by atoms with Gasteiger partial charge in [-0.3, -0.25) is 4.98 Å².